The quantitative estimate of drug-likeness (QED) is 0.781. The van der Waals surface area contributed by atoms with Crippen LogP contribution in [-0.4, -0.2) is 16.7 Å². The van der Waals surface area contributed by atoms with Crippen LogP contribution in [0.4, 0.5) is 5.69 Å². The number of fused-ring (bicyclic) bond motifs is 1. The predicted molar refractivity (Wildman–Crippen MR) is 81.3 cm³/mol. The van der Waals surface area contributed by atoms with Gasteiger partial charge in [-0.05, 0) is 31.5 Å². The molecule has 0 radical (unpaired) electrons. The van der Waals surface area contributed by atoms with Crippen LogP contribution in [0.2, 0.25) is 0 Å². The first-order valence-electron chi connectivity index (χ1n) is 6.04. The van der Waals surface area contributed by atoms with Gasteiger partial charge < -0.3 is 0 Å². The fourth-order valence-electron chi connectivity index (χ4n) is 2.37. The minimum Gasteiger partial charge on any atom is -0.298 e. The molecule has 20 heavy (non-hydrogen) atoms. The van der Waals surface area contributed by atoms with Crippen molar-refractivity contribution in [2.24, 2.45) is 0 Å². The van der Waals surface area contributed by atoms with Crippen LogP contribution in [0.25, 0.3) is 0 Å². The van der Waals surface area contributed by atoms with Crippen LogP contribution < -0.4 is 4.90 Å². The van der Waals surface area contributed by atoms with E-state index in [1.165, 1.54) is 16.2 Å². The minimum absolute atomic E-state index is 0.346. The van der Waals surface area contributed by atoms with Crippen LogP contribution in [0.1, 0.15) is 26.6 Å². The van der Waals surface area contributed by atoms with Gasteiger partial charge >= 0.3 is 0 Å². The number of amides is 1. The first kappa shape index (κ1) is 13.5. The molecule has 0 fully saturated rings. The zero-order valence-corrected chi connectivity index (χ0v) is 13.3. The number of thiazole rings is 1. The van der Waals surface area contributed by atoms with Crippen molar-refractivity contribution in [1.29, 1.82) is 0 Å². The molecule has 0 aliphatic carbocycles. The van der Waals surface area contributed by atoms with Gasteiger partial charge in [-0.3, -0.25) is 14.5 Å². The van der Waals surface area contributed by atoms with Crippen molar-refractivity contribution in [3.63, 3.8) is 0 Å². The molecule has 0 saturated carbocycles. The molecule has 0 unspecified atom stereocenters. The third kappa shape index (κ3) is 2.09. The van der Waals surface area contributed by atoms with Crippen LogP contribution >= 0.6 is 27.3 Å². The Hall–Kier alpha value is -1.53. The number of aryl methyl sites for hydroxylation is 2. The summed E-state index contributed by atoms with van der Waals surface area (Å²) in [5.41, 5.74) is 3.00. The highest BCUT2D eigenvalue weighted by Gasteiger charge is 2.37. The number of rotatable bonds is 2. The molecule has 0 bridgehead atoms. The van der Waals surface area contributed by atoms with Crippen LogP contribution in [0.15, 0.2) is 22.0 Å². The summed E-state index contributed by atoms with van der Waals surface area (Å²) in [7, 11) is 0. The van der Waals surface area contributed by atoms with Gasteiger partial charge in [-0.2, -0.15) is 0 Å². The molecule has 1 amide bonds. The summed E-state index contributed by atoms with van der Waals surface area (Å²) < 4.78 is 0.807. The van der Waals surface area contributed by atoms with Gasteiger partial charge in [0.2, 0.25) is 0 Å². The average molecular weight is 351 g/mol. The summed E-state index contributed by atoms with van der Waals surface area (Å²) in [6, 6.07) is 3.61. The molecular formula is C14H11BrN2O2S. The number of anilines is 1. The van der Waals surface area contributed by atoms with Crippen LogP contribution in [0, 0.1) is 13.8 Å². The topological polar surface area (TPSA) is 50.3 Å². The molecule has 3 rings (SSSR count). The van der Waals surface area contributed by atoms with Crippen molar-refractivity contribution in [2.75, 3.05) is 4.90 Å². The maximum atomic E-state index is 12.2. The standard InChI is InChI=1S/C14H11BrN2O2S/c1-7-3-9(15)4-10-12(7)17(14(19)13(10)18)5-11-16-8(2)6-20-11/h3-4,6H,5H2,1-2H3. The molecule has 0 spiro atoms. The number of hydrogen-bond acceptors (Lipinski definition) is 4. The Morgan fingerprint density at radius 2 is 2.05 bits per heavy atom. The third-order valence-electron chi connectivity index (χ3n) is 3.18. The van der Waals surface area contributed by atoms with Gasteiger partial charge in [-0.15, -0.1) is 11.3 Å². The number of ketones is 1. The lowest BCUT2D eigenvalue weighted by Gasteiger charge is -2.17. The van der Waals surface area contributed by atoms with Crippen molar-refractivity contribution in [1.82, 2.24) is 4.98 Å². The highest BCUT2D eigenvalue weighted by Crippen LogP contribution is 2.36. The SMILES string of the molecule is Cc1csc(CN2C(=O)C(=O)c3cc(Br)cc(C)c32)n1. The summed E-state index contributed by atoms with van der Waals surface area (Å²) in [6.07, 6.45) is 0. The Balaban J connectivity index is 2.06. The fraction of sp³-hybridized carbons (Fsp3) is 0.214. The van der Waals surface area contributed by atoms with Crippen molar-refractivity contribution < 1.29 is 9.59 Å². The first-order valence-corrected chi connectivity index (χ1v) is 7.72. The second-order valence-corrected chi connectivity index (χ2v) is 6.58. The Bertz CT molecular complexity index is 739. The number of carbonyl (C=O) groups excluding carboxylic acids is 2. The lowest BCUT2D eigenvalue weighted by atomic mass is 10.1. The van der Waals surface area contributed by atoms with Gasteiger partial charge in [0.25, 0.3) is 11.7 Å². The zero-order valence-electron chi connectivity index (χ0n) is 10.9. The number of aromatic nitrogens is 1. The highest BCUT2D eigenvalue weighted by molar-refractivity contribution is 9.10. The van der Waals surface area contributed by atoms with E-state index in [9.17, 15) is 9.59 Å². The Kier molecular flexibility index (Phi) is 3.22. The lowest BCUT2D eigenvalue weighted by Crippen LogP contribution is -2.29. The molecule has 6 heteroatoms. The van der Waals surface area contributed by atoms with Gasteiger partial charge in [0.1, 0.15) is 5.01 Å². The van der Waals surface area contributed by atoms with E-state index in [1.54, 1.807) is 6.07 Å². The zero-order chi connectivity index (χ0) is 14.4. The van der Waals surface area contributed by atoms with E-state index in [0.29, 0.717) is 17.8 Å². The fourth-order valence-corrected chi connectivity index (χ4v) is 3.70. The van der Waals surface area contributed by atoms with E-state index >= 15 is 0 Å². The predicted octanol–water partition coefficient (Wildman–Crippen LogP) is 3.25. The first-order chi connectivity index (χ1) is 9.47. The highest BCUT2D eigenvalue weighted by atomic mass is 79.9. The number of benzene rings is 1. The van der Waals surface area contributed by atoms with Crippen molar-refractivity contribution in [2.45, 2.75) is 20.4 Å². The average Bonchev–Trinajstić information content (AvgIpc) is 2.88. The summed E-state index contributed by atoms with van der Waals surface area (Å²) >= 11 is 4.86. The molecule has 1 aromatic carbocycles. The maximum Gasteiger partial charge on any atom is 0.299 e. The van der Waals surface area contributed by atoms with Gasteiger partial charge in [-0.25, -0.2) is 4.98 Å². The normalized spacial score (nSPS) is 14.1. The summed E-state index contributed by atoms with van der Waals surface area (Å²) in [6.45, 7) is 4.15. The monoisotopic (exact) mass is 350 g/mol. The molecule has 1 aliphatic rings. The van der Waals surface area contributed by atoms with Crippen LogP contribution in [0.5, 0.6) is 0 Å². The number of halogens is 1. The summed E-state index contributed by atoms with van der Waals surface area (Å²) in [4.78, 5) is 30.1. The molecule has 2 aromatic rings. The van der Waals surface area contributed by atoms with E-state index in [2.05, 4.69) is 20.9 Å². The molecule has 0 N–H and O–H groups in total. The molecule has 102 valence electrons. The number of carbonyl (C=O) groups is 2. The van der Waals surface area contributed by atoms with E-state index in [0.717, 1.165) is 20.7 Å². The minimum atomic E-state index is -0.478. The Morgan fingerprint density at radius 1 is 1.30 bits per heavy atom. The van der Waals surface area contributed by atoms with Crippen molar-refractivity contribution >= 4 is 44.6 Å². The van der Waals surface area contributed by atoms with E-state index in [-0.39, 0.29) is 0 Å². The lowest BCUT2D eigenvalue weighted by molar-refractivity contribution is -0.114. The third-order valence-corrected chi connectivity index (χ3v) is 4.59. The molecule has 1 aromatic heterocycles. The number of Topliss-reactive ketones (excluding diaryl/α,β-unsaturated/α-hetero) is 1. The van der Waals surface area contributed by atoms with Crippen molar-refractivity contribution in [3.05, 3.63) is 43.8 Å². The molecule has 0 atom stereocenters. The van der Waals surface area contributed by atoms with Gasteiger partial charge in [0.05, 0.1) is 17.8 Å². The second kappa shape index (κ2) is 4.79. The number of nitrogens with zero attached hydrogens (tertiary/aromatic N) is 2. The second-order valence-electron chi connectivity index (χ2n) is 4.72. The molecular weight excluding hydrogens is 340 g/mol. The van der Waals surface area contributed by atoms with E-state index in [1.807, 2.05) is 25.3 Å². The van der Waals surface area contributed by atoms with Gasteiger partial charge in [-0.1, -0.05) is 15.9 Å². The molecule has 0 saturated heterocycles. The van der Waals surface area contributed by atoms with Gasteiger partial charge in [0.15, 0.2) is 0 Å². The van der Waals surface area contributed by atoms with Crippen LogP contribution in [-0.2, 0) is 11.3 Å². The smallest absolute Gasteiger partial charge is 0.298 e. The molecule has 4 nitrogen and oxygen atoms in total. The largest absolute Gasteiger partial charge is 0.299 e. The number of hydrogen-bond donors (Lipinski definition) is 0. The molecule has 2 heterocycles. The van der Waals surface area contributed by atoms with E-state index in [4.69, 9.17) is 0 Å². The van der Waals surface area contributed by atoms with Crippen molar-refractivity contribution in [3.8, 4) is 0 Å². The molecule has 1 aliphatic heterocycles. The van der Waals surface area contributed by atoms with E-state index < -0.39 is 11.7 Å². The maximum absolute atomic E-state index is 12.2. The van der Waals surface area contributed by atoms with Crippen LogP contribution in [0.3, 0.4) is 0 Å². The summed E-state index contributed by atoms with van der Waals surface area (Å²) in [5.74, 6) is -0.924. The van der Waals surface area contributed by atoms with Gasteiger partial charge in [0, 0.05) is 15.5 Å². The Labute approximate surface area is 128 Å². The Morgan fingerprint density at radius 3 is 2.70 bits per heavy atom. The summed E-state index contributed by atoms with van der Waals surface area (Å²) in [5, 5.41) is 2.77.